The molecule has 1 aromatic rings. The highest BCUT2D eigenvalue weighted by Gasteiger charge is 2.70. The van der Waals surface area contributed by atoms with E-state index in [1.165, 1.54) is 12.1 Å². The number of aliphatic hydroxyl groups is 1. The highest BCUT2D eigenvalue weighted by Crippen LogP contribution is 2.45. The van der Waals surface area contributed by atoms with Crippen LogP contribution < -0.4 is 0 Å². The predicted octanol–water partition coefficient (Wildman–Crippen LogP) is 3.85. The molecule has 0 radical (unpaired) electrons. The molecule has 0 aromatic heterocycles. The fourth-order valence-corrected chi connectivity index (χ4v) is 1.75. The molecule has 1 N–H and O–H groups in total. The van der Waals surface area contributed by atoms with Crippen LogP contribution in [0.25, 0.3) is 0 Å². The van der Waals surface area contributed by atoms with Crippen molar-refractivity contribution >= 4 is 15.9 Å². The van der Waals surface area contributed by atoms with E-state index in [2.05, 4.69) is 15.9 Å². The van der Waals surface area contributed by atoms with E-state index in [0.717, 1.165) is 12.1 Å². The van der Waals surface area contributed by atoms with E-state index in [0.29, 0.717) is 4.47 Å². The summed E-state index contributed by atoms with van der Waals surface area (Å²) in [6, 6.07) is 4.89. The zero-order chi connectivity index (χ0) is 14.2. The largest absolute Gasteiger partial charge is 0.426 e. The summed E-state index contributed by atoms with van der Waals surface area (Å²) < 4.78 is 74.8. The molecule has 0 saturated heterocycles. The molecule has 8 heteroatoms. The van der Waals surface area contributed by atoms with E-state index in [4.69, 9.17) is 5.11 Å². The molecule has 0 heterocycles. The molecule has 0 aliphatic rings. The summed E-state index contributed by atoms with van der Waals surface area (Å²) >= 11 is 2.93. The summed E-state index contributed by atoms with van der Waals surface area (Å²) in [5, 5.41) is 8.96. The van der Waals surface area contributed by atoms with Crippen LogP contribution in [0.3, 0.4) is 0 Å². The van der Waals surface area contributed by atoms with Crippen molar-refractivity contribution in [2.45, 2.75) is 24.4 Å². The average Bonchev–Trinajstić information content (AvgIpc) is 2.13. The van der Waals surface area contributed by atoms with Crippen molar-refractivity contribution in [3.63, 3.8) is 0 Å². The summed E-state index contributed by atoms with van der Waals surface area (Å²) in [7, 11) is 0. The Morgan fingerprint density at radius 1 is 1.00 bits per heavy atom. The van der Waals surface area contributed by atoms with Crippen LogP contribution in [0.5, 0.6) is 0 Å². The molecule has 0 unspecified atom stereocenters. The monoisotopic (exact) mass is 336 g/mol. The minimum absolute atomic E-state index is 0.276. The number of hydrogen-bond donors (Lipinski definition) is 1. The lowest BCUT2D eigenvalue weighted by molar-refractivity contribution is -0.367. The summed E-state index contributed by atoms with van der Waals surface area (Å²) in [6.45, 7) is 0. The summed E-state index contributed by atoms with van der Waals surface area (Å²) in [6.07, 6.45) is -13.2. The van der Waals surface area contributed by atoms with Gasteiger partial charge in [0.15, 0.2) is 0 Å². The Morgan fingerprint density at radius 2 is 1.50 bits per heavy atom. The number of alkyl halides is 6. The molecule has 0 bridgehead atoms. The van der Waals surface area contributed by atoms with Crippen LogP contribution in [0.15, 0.2) is 28.7 Å². The van der Waals surface area contributed by atoms with Gasteiger partial charge in [-0.2, -0.15) is 26.3 Å². The maximum atomic E-state index is 12.4. The number of benzene rings is 1. The molecule has 18 heavy (non-hydrogen) atoms. The first-order valence-electron chi connectivity index (χ1n) is 4.57. The van der Waals surface area contributed by atoms with Gasteiger partial charge in [0, 0.05) is 10.9 Å². The van der Waals surface area contributed by atoms with E-state index in [9.17, 15) is 26.3 Å². The lowest BCUT2D eigenvalue weighted by Crippen LogP contribution is -2.58. The van der Waals surface area contributed by atoms with Crippen LogP contribution in [0.4, 0.5) is 26.3 Å². The number of rotatable bonds is 2. The molecule has 0 atom stereocenters. The number of hydrogen-bond acceptors (Lipinski definition) is 1. The third kappa shape index (κ3) is 2.97. The first-order valence-corrected chi connectivity index (χ1v) is 5.37. The second kappa shape index (κ2) is 4.73. The molecule has 0 aliphatic heterocycles. The van der Waals surface area contributed by atoms with E-state index in [1.807, 2.05) is 0 Å². The maximum absolute atomic E-state index is 12.4. The lowest BCUT2D eigenvalue weighted by Gasteiger charge is -2.32. The lowest BCUT2D eigenvalue weighted by atomic mass is 9.93. The SMILES string of the molecule is OC(Cc1cccc(Br)c1)(C(F)(F)F)C(F)(F)F. The molecule has 0 spiro atoms. The molecule has 0 aliphatic carbocycles. The van der Waals surface area contributed by atoms with Crippen molar-refractivity contribution in [1.82, 2.24) is 0 Å². The quantitative estimate of drug-likeness (QED) is 0.813. The molecule has 102 valence electrons. The highest BCUT2D eigenvalue weighted by molar-refractivity contribution is 9.10. The van der Waals surface area contributed by atoms with E-state index in [-0.39, 0.29) is 5.56 Å². The summed E-state index contributed by atoms with van der Waals surface area (Å²) in [5.74, 6) is 0. The first kappa shape index (κ1) is 15.3. The van der Waals surface area contributed by atoms with E-state index < -0.39 is 24.4 Å². The molecular weight excluding hydrogens is 330 g/mol. The van der Waals surface area contributed by atoms with E-state index in [1.54, 1.807) is 0 Å². The molecule has 1 rings (SSSR count). The Kier molecular flexibility index (Phi) is 4.02. The fraction of sp³-hybridized carbons (Fsp3) is 0.400. The zero-order valence-electron chi connectivity index (χ0n) is 8.61. The van der Waals surface area contributed by atoms with Crippen LogP contribution in [0.2, 0.25) is 0 Å². The standard InChI is InChI=1S/C10H7BrF6O/c11-7-3-1-2-6(4-7)5-8(18,9(12,13)14)10(15,16)17/h1-4,18H,5H2. The smallest absolute Gasteiger partial charge is 0.373 e. The molecule has 0 amide bonds. The van der Waals surface area contributed by atoms with Gasteiger partial charge < -0.3 is 5.11 Å². The van der Waals surface area contributed by atoms with Gasteiger partial charge in [0.2, 0.25) is 0 Å². The molecule has 0 fully saturated rings. The van der Waals surface area contributed by atoms with E-state index >= 15 is 0 Å². The van der Waals surface area contributed by atoms with Gasteiger partial charge in [0.1, 0.15) is 0 Å². The summed E-state index contributed by atoms with van der Waals surface area (Å²) in [4.78, 5) is 0. The molecule has 1 nitrogen and oxygen atoms in total. The Balaban J connectivity index is 3.16. The van der Waals surface area contributed by atoms with Crippen molar-refractivity contribution in [1.29, 1.82) is 0 Å². The topological polar surface area (TPSA) is 20.2 Å². The minimum Gasteiger partial charge on any atom is -0.373 e. The van der Waals surface area contributed by atoms with Crippen molar-refractivity contribution in [2.75, 3.05) is 0 Å². The van der Waals surface area contributed by atoms with Gasteiger partial charge in [-0.05, 0) is 17.7 Å². The van der Waals surface area contributed by atoms with Gasteiger partial charge >= 0.3 is 12.4 Å². The first-order chi connectivity index (χ1) is 7.97. The van der Waals surface area contributed by atoms with Crippen LogP contribution in [0, 0.1) is 0 Å². The van der Waals surface area contributed by atoms with Crippen molar-refractivity contribution in [3.05, 3.63) is 34.3 Å². The Morgan fingerprint density at radius 3 is 1.89 bits per heavy atom. The maximum Gasteiger partial charge on any atom is 0.426 e. The van der Waals surface area contributed by atoms with Crippen molar-refractivity contribution in [2.24, 2.45) is 0 Å². The average molecular weight is 337 g/mol. The van der Waals surface area contributed by atoms with Crippen molar-refractivity contribution < 1.29 is 31.4 Å². The van der Waals surface area contributed by atoms with Gasteiger partial charge in [-0.15, -0.1) is 0 Å². The van der Waals surface area contributed by atoms with Crippen LogP contribution in [-0.2, 0) is 6.42 Å². The zero-order valence-corrected chi connectivity index (χ0v) is 10.2. The second-order valence-corrected chi connectivity index (χ2v) is 4.58. The third-order valence-electron chi connectivity index (χ3n) is 2.29. The normalized spacial score (nSPS) is 13.8. The Labute approximate surface area is 107 Å². The van der Waals surface area contributed by atoms with Gasteiger partial charge in [-0.25, -0.2) is 0 Å². The van der Waals surface area contributed by atoms with Gasteiger partial charge in [0.05, 0.1) is 0 Å². The number of halogens is 7. The molecule has 0 saturated carbocycles. The minimum atomic E-state index is -5.80. The van der Waals surface area contributed by atoms with Crippen LogP contribution in [0.1, 0.15) is 5.56 Å². The molecular formula is C10H7BrF6O. The highest BCUT2D eigenvalue weighted by atomic mass is 79.9. The van der Waals surface area contributed by atoms with Crippen LogP contribution in [-0.4, -0.2) is 23.1 Å². The summed E-state index contributed by atoms with van der Waals surface area (Å²) in [5.41, 5.74) is -5.03. The van der Waals surface area contributed by atoms with Crippen LogP contribution >= 0.6 is 15.9 Å². The van der Waals surface area contributed by atoms with Gasteiger partial charge in [-0.3, -0.25) is 0 Å². The van der Waals surface area contributed by atoms with Gasteiger partial charge in [0.25, 0.3) is 5.60 Å². The Bertz CT molecular complexity index is 411. The third-order valence-corrected chi connectivity index (χ3v) is 2.78. The Hall–Kier alpha value is -0.760. The van der Waals surface area contributed by atoms with Crippen molar-refractivity contribution in [3.8, 4) is 0 Å². The second-order valence-electron chi connectivity index (χ2n) is 3.66. The van der Waals surface area contributed by atoms with Gasteiger partial charge in [-0.1, -0.05) is 28.1 Å². The fourth-order valence-electron chi connectivity index (χ4n) is 1.30. The molecule has 1 aromatic carbocycles. The predicted molar refractivity (Wildman–Crippen MR) is 54.9 cm³/mol.